The largest absolute Gasteiger partial charge is 0.305 e. The monoisotopic (exact) mass is 373 g/mol. The van der Waals surface area contributed by atoms with Gasteiger partial charge in [0.25, 0.3) is 5.56 Å². The SMILES string of the molecule is Cc1c(Br)c(F)c(Br)c2ccc(=O)n(C3CC3)c12. The van der Waals surface area contributed by atoms with Crippen LogP contribution in [-0.2, 0) is 0 Å². The second kappa shape index (κ2) is 4.17. The van der Waals surface area contributed by atoms with Crippen molar-refractivity contribution in [2.75, 3.05) is 0 Å². The molecule has 0 bridgehead atoms. The Morgan fingerprint density at radius 3 is 2.56 bits per heavy atom. The van der Waals surface area contributed by atoms with Crippen molar-refractivity contribution in [3.05, 3.63) is 42.8 Å². The van der Waals surface area contributed by atoms with Gasteiger partial charge in [-0.15, -0.1) is 0 Å². The topological polar surface area (TPSA) is 22.0 Å². The molecule has 18 heavy (non-hydrogen) atoms. The molecule has 2 aromatic rings. The first-order valence-electron chi connectivity index (χ1n) is 5.70. The number of nitrogens with zero attached hydrogens (tertiary/aromatic N) is 1. The van der Waals surface area contributed by atoms with Gasteiger partial charge in [0, 0.05) is 17.5 Å². The molecular weight excluding hydrogens is 365 g/mol. The minimum atomic E-state index is -0.319. The zero-order valence-corrected chi connectivity index (χ0v) is 12.8. The van der Waals surface area contributed by atoms with E-state index in [-0.39, 0.29) is 17.4 Å². The van der Waals surface area contributed by atoms with Crippen molar-refractivity contribution in [1.29, 1.82) is 0 Å². The zero-order chi connectivity index (χ0) is 13.0. The Balaban J connectivity index is 2.55. The number of halogens is 3. The molecule has 1 aliphatic rings. The zero-order valence-electron chi connectivity index (χ0n) is 9.64. The molecule has 0 saturated heterocycles. The lowest BCUT2D eigenvalue weighted by Gasteiger charge is -2.14. The van der Waals surface area contributed by atoms with Crippen LogP contribution in [0.3, 0.4) is 0 Å². The van der Waals surface area contributed by atoms with E-state index in [1.54, 1.807) is 10.6 Å². The number of hydrogen-bond acceptors (Lipinski definition) is 1. The number of fused-ring (bicyclic) bond motifs is 1. The van der Waals surface area contributed by atoms with Gasteiger partial charge in [-0.05, 0) is 63.3 Å². The van der Waals surface area contributed by atoms with Gasteiger partial charge >= 0.3 is 0 Å². The van der Waals surface area contributed by atoms with E-state index < -0.39 is 0 Å². The summed E-state index contributed by atoms with van der Waals surface area (Å²) in [5.41, 5.74) is 1.58. The molecule has 0 unspecified atom stereocenters. The van der Waals surface area contributed by atoms with Crippen LogP contribution in [0.1, 0.15) is 24.4 Å². The smallest absolute Gasteiger partial charge is 0.251 e. The Hall–Kier alpha value is -0.680. The molecular formula is C13H10Br2FNO. The maximum absolute atomic E-state index is 14.0. The summed E-state index contributed by atoms with van der Waals surface area (Å²) in [4.78, 5) is 12.0. The summed E-state index contributed by atoms with van der Waals surface area (Å²) in [6.07, 6.45) is 2.04. The van der Waals surface area contributed by atoms with Crippen LogP contribution >= 0.6 is 31.9 Å². The summed E-state index contributed by atoms with van der Waals surface area (Å²) < 4.78 is 16.6. The summed E-state index contributed by atoms with van der Waals surface area (Å²) in [7, 11) is 0. The Labute approximate surface area is 120 Å². The minimum absolute atomic E-state index is 0.0153. The molecule has 1 aliphatic carbocycles. The lowest BCUT2D eigenvalue weighted by molar-refractivity contribution is 0.614. The molecule has 0 N–H and O–H groups in total. The van der Waals surface area contributed by atoms with E-state index >= 15 is 0 Å². The maximum atomic E-state index is 14.0. The molecule has 0 atom stereocenters. The van der Waals surface area contributed by atoms with Crippen LogP contribution in [0.4, 0.5) is 4.39 Å². The van der Waals surface area contributed by atoms with Crippen LogP contribution in [0.15, 0.2) is 25.9 Å². The predicted octanol–water partition coefficient (Wildman–Crippen LogP) is 4.31. The summed E-state index contributed by atoms with van der Waals surface area (Å²) in [5.74, 6) is -0.319. The molecule has 2 nitrogen and oxygen atoms in total. The van der Waals surface area contributed by atoms with Gasteiger partial charge in [-0.25, -0.2) is 4.39 Å². The number of aryl methyl sites for hydroxylation is 1. The van der Waals surface area contributed by atoms with E-state index in [0.29, 0.717) is 8.95 Å². The lowest BCUT2D eigenvalue weighted by atomic mass is 10.1. The van der Waals surface area contributed by atoms with Crippen molar-refractivity contribution in [1.82, 2.24) is 4.57 Å². The molecule has 1 heterocycles. The maximum Gasteiger partial charge on any atom is 0.251 e. The summed E-state index contributed by atoms with van der Waals surface area (Å²) in [5, 5.41) is 0.750. The number of aromatic nitrogens is 1. The second-order valence-corrected chi connectivity index (χ2v) is 6.19. The number of hydrogen-bond donors (Lipinski definition) is 0. The molecule has 5 heteroatoms. The normalized spacial score (nSPS) is 15.3. The highest BCUT2D eigenvalue weighted by atomic mass is 79.9. The average molecular weight is 375 g/mol. The van der Waals surface area contributed by atoms with Gasteiger partial charge in [-0.2, -0.15) is 0 Å². The highest BCUT2D eigenvalue weighted by molar-refractivity contribution is 9.11. The Bertz CT molecular complexity index is 719. The molecule has 94 valence electrons. The molecule has 0 aliphatic heterocycles. The van der Waals surface area contributed by atoms with Crippen LogP contribution in [0.5, 0.6) is 0 Å². The Kier molecular flexibility index (Phi) is 2.86. The van der Waals surface area contributed by atoms with Crippen LogP contribution < -0.4 is 5.56 Å². The van der Waals surface area contributed by atoms with Gasteiger partial charge in [0.05, 0.1) is 14.5 Å². The van der Waals surface area contributed by atoms with Gasteiger partial charge in [0.15, 0.2) is 5.82 Å². The van der Waals surface area contributed by atoms with E-state index in [1.807, 2.05) is 6.92 Å². The van der Waals surface area contributed by atoms with E-state index in [9.17, 15) is 9.18 Å². The van der Waals surface area contributed by atoms with Crippen molar-refractivity contribution in [2.45, 2.75) is 25.8 Å². The molecule has 0 spiro atoms. The van der Waals surface area contributed by atoms with Gasteiger partial charge in [-0.3, -0.25) is 4.79 Å². The summed E-state index contributed by atoms with van der Waals surface area (Å²) >= 11 is 6.53. The Morgan fingerprint density at radius 1 is 1.28 bits per heavy atom. The highest BCUT2D eigenvalue weighted by Gasteiger charge is 2.28. The quantitative estimate of drug-likeness (QED) is 0.681. The third kappa shape index (κ3) is 1.67. The second-order valence-electron chi connectivity index (χ2n) is 4.60. The fraction of sp³-hybridized carbons (Fsp3) is 0.308. The minimum Gasteiger partial charge on any atom is -0.305 e. The third-order valence-corrected chi connectivity index (χ3v) is 5.06. The third-order valence-electron chi connectivity index (χ3n) is 3.34. The summed E-state index contributed by atoms with van der Waals surface area (Å²) in [6, 6.07) is 3.46. The first-order valence-corrected chi connectivity index (χ1v) is 7.29. The standard InChI is InChI=1S/C13H10Br2FNO/c1-6-10(14)12(16)11(15)8-4-5-9(18)17(13(6)8)7-2-3-7/h4-5,7H,2-3H2,1H3. The number of pyridine rings is 1. The molecule has 1 fully saturated rings. The van der Waals surface area contributed by atoms with Crippen molar-refractivity contribution in [2.24, 2.45) is 0 Å². The number of benzene rings is 1. The molecule has 0 radical (unpaired) electrons. The van der Waals surface area contributed by atoms with Crippen molar-refractivity contribution >= 4 is 42.8 Å². The fourth-order valence-corrected chi connectivity index (χ4v) is 3.46. The molecule has 0 amide bonds. The van der Waals surface area contributed by atoms with Crippen molar-refractivity contribution in [3.8, 4) is 0 Å². The number of rotatable bonds is 1. The van der Waals surface area contributed by atoms with Crippen molar-refractivity contribution in [3.63, 3.8) is 0 Å². The predicted molar refractivity (Wildman–Crippen MR) is 76.6 cm³/mol. The average Bonchev–Trinajstić information content (AvgIpc) is 3.17. The fourth-order valence-electron chi connectivity index (χ4n) is 2.29. The molecule has 3 rings (SSSR count). The van der Waals surface area contributed by atoms with Crippen LogP contribution in [0, 0.1) is 12.7 Å². The van der Waals surface area contributed by atoms with E-state index in [1.165, 1.54) is 6.07 Å². The highest BCUT2D eigenvalue weighted by Crippen LogP contribution is 2.40. The van der Waals surface area contributed by atoms with E-state index in [4.69, 9.17) is 0 Å². The van der Waals surface area contributed by atoms with E-state index in [2.05, 4.69) is 31.9 Å². The molecule has 1 saturated carbocycles. The van der Waals surface area contributed by atoms with Crippen LogP contribution in [0.2, 0.25) is 0 Å². The van der Waals surface area contributed by atoms with Gasteiger partial charge < -0.3 is 4.57 Å². The molecule has 1 aromatic carbocycles. The Morgan fingerprint density at radius 2 is 1.94 bits per heavy atom. The summed E-state index contributed by atoms with van der Waals surface area (Å²) in [6.45, 7) is 1.83. The van der Waals surface area contributed by atoms with E-state index in [0.717, 1.165) is 29.3 Å². The van der Waals surface area contributed by atoms with Gasteiger partial charge in [0.1, 0.15) is 0 Å². The molecule has 1 aromatic heterocycles. The van der Waals surface area contributed by atoms with Crippen LogP contribution in [0.25, 0.3) is 10.9 Å². The first-order chi connectivity index (χ1) is 8.52. The van der Waals surface area contributed by atoms with Gasteiger partial charge in [0.2, 0.25) is 0 Å². The van der Waals surface area contributed by atoms with Crippen LogP contribution in [-0.4, -0.2) is 4.57 Å². The first kappa shape index (κ1) is 12.4. The van der Waals surface area contributed by atoms with Gasteiger partial charge in [-0.1, -0.05) is 0 Å². The lowest BCUT2D eigenvalue weighted by Crippen LogP contribution is -2.19. The van der Waals surface area contributed by atoms with Crippen molar-refractivity contribution < 1.29 is 4.39 Å².